The molecule has 8 heteroatoms. The average Bonchev–Trinajstić information content (AvgIpc) is 2.96. The van der Waals surface area contributed by atoms with Gasteiger partial charge in [-0.25, -0.2) is 22.7 Å². The van der Waals surface area contributed by atoms with Crippen LogP contribution in [-0.2, 0) is 22.9 Å². The van der Waals surface area contributed by atoms with Crippen molar-refractivity contribution in [3.8, 4) is 0 Å². The quantitative estimate of drug-likeness (QED) is 0.781. The first-order valence-electron chi connectivity index (χ1n) is 9.71. The van der Waals surface area contributed by atoms with Crippen LogP contribution in [0.25, 0.3) is 10.2 Å². The number of aryl methyl sites for hydroxylation is 2. The normalized spacial score (nSPS) is 21.8. The standard InChI is InChI=1S/C19H28N4O2S2/c1-12-5-6-15-16(11-12)26-19-17(15)18(20-13(2)21-19)23-9-7-14(8-10-23)22(3)27(4,24)25/h12,14H,5-11H2,1-4H3. The Morgan fingerprint density at radius 1 is 1.19 bits per heavy atom. The van der Waals surface area contributed by atoms with Crippen LogP contribution in [0, 0.1) is 12.8 Å². The van der Waals surface area contributed by atoms with Gasteiger partial charge in [-0.3, -0.25) is 0 Å². The Morgan fingerprint density at radius 2 is 1.89 bits per heavy atom. The van der Waals surface area contributed by atoms with Gasteiger partial charge in [-0.2, -0.15) is 0 Å². The van der Waals surface area contributed by atoms with Crippen LogP contribution in [0.2, 0.25) is 0 Å². The molecule has 1 aliphatic carbocycles. The van der Waals surface area contributed by atoms with Crippen LogP contribution in [0.3, 0.4) is 0 Å². The average molecular weight is 409 g/mol. The van der Waals surface area contributed by atoms with Crippen molar-refractivity contribution in [1.29, 1.82) is 0 Å². The third-order valence-corrected chi connectivity index (χ3v) is 8.54. The van der Waals surface area contributed by atoms with E-state index in [0.717, 1.165) is 61.2 Å². The highest BCUT2D eigenvalue weighted by Crippen LogP contribution is 2.41. The summed E-state index contributed by atoms with van der Waals surface area (Å²) in [6, 6.07) is 0.0758. The monoisotopic (exact) mass is 408 g/mol. The highest BCUT2D eigenvalue weighted by atomic mass is 32.2. The van der Waals surface area contributed by atoms with Gasteiger partial charge in [0.2, 0.25) is 10.0 Å². The SMILES string of the molecule is Cc1nc(N2CCC(N(C)S(C)(=O)=O)CC2)c2c3c(sc2n1)CC(C)CC3. The lowest BCUT2D eigenvalue weighted by Gasteiger charge is -2.36. The van der Waals surface area contributed by atoms with Crippen LogP contribution >= 0.6 is 11.3 Å². The third-order valence-electron chi connectivity index (χ3n) is 6.05. The summed E-state index contributed by atoms with van der Waals surface area (Å²) in [4.78, 5) is 14.5. The molecular formula is C19H28N4O2S2. The Hall–Kier alpha value is -1.25. The number of fused-ring (bicyclic) bond motifs is 3. The van der Waals surface area contributed by atoms with Crippen LogP contribution in [-0.4, -0.2) is 55.1 Å². The van der Waals surface area contributed by atoms with E-state index in [-0.39, 0.29) is 6.04 Å². The van der Waals surface area contributed by atoms with E-state index in [1.165, 1.54) is 32.8 Å². The first-order chi connectivity index (χ1) is 12.7. The summed E-state index contributed by atoms with van der Waals surface area (Å²) >= 11 is 1.84. The lowest BCUT2D eigenvalue weighted by Crippen LogP contribution is -2.45. The number of thiophene rings is 1. The van der Waals surface area contributed by atoms with E-state index in [0.29, 0.717) is 0 Å². The minimum Gasteiger partial charge on any atom is -0.356 e. The molecule has 0 spiro atoms. The molecule has 1 fully saturated rings. The van der Waals surface area contributed by atoms with E-state index in [4.69, 9.17) is 9.97 Å². The first-order valence-corrected chi connectivity index (χ1v) is 12.4. The number of nitrogens with zero attached hydrogens (tertiary/aromatic N) is 4. The molecule has 2 aliphatic rings. The molecule has 3 heterocycles. The van der Waals surface area contributed by atoms with Crippen molar-refractivity contribution in [2.24, 2.45) is 5.92 Å². The lowest BCUT2D eigenvalue weighted by atomic mass is 9.89. The molecule has 6 nitrogen and oxygen atoms in total. The summed E-state index contributed by atoms with van der Waals surface area (Å²) in [5.41, 5.74) is 1.46. The molecular weight excluding hydrogens is 380 g/mol. The Balaban J connectivity index is 1.65. The molecule has 0 aromatic carbocycles. The van der Waals surface area contributed by atoms with Gasteiger partial charge >= 0.3 is 0 Å². The number of hydrogen-bond acceptors (Lipinski definition) is 6. The second kappa shape index (κ2) is 6.97. The zero-order valence-corrected chi connectivity index (χ0v) is 18.2. The Kier molecular flexibility index (Phi) is 4.93. The molecule has 1 saturated heterocycles. The van der Waals surface area contributed by atoms with E-state index in [1.54, 1.807) is 7.05 Å². The fourth-order valence-electron chi connectivity index (χ4n) is 4.37. The van der Waals surface area contributed by atoms with Crippen molar-refractivity contribution in [2.75, 3.05) is 31.3 Å². The van der Waals surface area contributed by atoms with Gasteiger partial charge in [-0.1, -0.05) is 6.92 Å². The molecule has 0 bridgehead atoms. The van der Waals surface area contributed by atoms with Gasteiger partial charge in [-0.05, 0) is 50.5 Å². The smallest absolute Gasteiger partial charge is 0.211 e. The van der Waals surface area contributed by atoms with E-state index in [1.807, 2.05) is 18.3 Å². The fraction of sp³-hybridized carbons (Fsp3) is 0.684. The highest BCUT2D eigenvalue weighted by Gasteiger charge is 2.30. The predicted molar refractivity (Wildman–Crippen MR) is 111 cm³/mol. The molecule has 2 aromatic heterocycles. The van der Waals surface area contributed by atoms with Crippen molar-refractivity contribution in [3.05, 3.63) is 16.3 Å². The molecule has 1 atom stereocenters. The van der Waals surface area contributed by atoms with Crippen LogP contribution in [0.1, 0.15) is 42.5 Å². The molecule has 4 rings (SSSR count). The minimum atomic E-state index is -3.14. The topological polar surface area (TPSA) is 66.4 Å². The Morgan fingerprint density at radius 3 is 2.56 bits per heavy atom. The second-order valence-electron chi connectivity index (χ2n) is 8.12. The number of aromatic nitrogens is 2. The summed E-state index contributed by atoms with van der Waals surface area (Å²) < 4.78 is 25.2. The van der Waals surface area contributed by atoms with E-state index < -0.39 is 10.0 Å². The van der Waals surface area contributed by atoms with Gasteiger partial charge in [0.25, 0.3) is 0 Å². The predicted octanol–water partition coefficient (Wildman–Crippen LogP) is 2.98. The highest BCUT2D eigenvalue weighted by molar-refractivity contribution is 7.88. The van der Waals surface area contributed by atoms with Crippen molar-refractivity contribution >= 4 is 37.4 Å². The maximum Gasteiger partial charge on any atom is 0.211 e. The lowest BCUT2D eigenvalue weighted by molar-refractivity contribution is 0.313. The number of sulfonamides is 1. The molecule has 1 aliphatic heterocycles. The van der Waals surface area contributed by atoms with Crippen molar-refractivity contribution in [2.45, 2.75) is 52.0 Å². The number of piperidine rings is 1. The summed E-state index contributed by atoms with van der Waals surface area (Å²) in [7, 11) is -1.45. The Bertz CT molecular complexity index is 962. The zero-order valence-electron chi connectivity index (χ0n) is 16.5. The minimum absolute atomic E-state index is 0.0758. The molecule has 0 N–H and O–H groups in total. The summed E-state index contributed by atoms with van der Waals surface area (Å²) in [5.74, 6) is 2.62. The van der Waals surface area contributed by atoms with E-state index >= 15 is 0 Å². The summed E-state index contributed by atoms with van der Waals surface area (Å²) in [6.07, 6.45) is 6.44. The van der Waals surface area contributed by atoms with Gasteiger partial charge in [0.1, 0.15) is 16.5 Å². The molecule has 0 saturated carbocycles. The maximum atomic E-state index is 11.8. The molecule has 2 aromatic rings. The zero-order chi connectivity index (χ0) is 19.3. The molecule has 1 unspecified atom stereocenters. The maximum absolute atomic E-state index is 11.8. The van der Waals surface area contributed by atoms with E-state index in [9.17, 15) is 8.42 Å². The summed E-state index contributed by atoms with van der Waals surface area (Å²) in [6.45, 7) is 5.96. The number of anilines is 1. The molecule has 148 valence electrons. The van der Waals surface area contributed by atoms with Crippen LogP contribution in [0.15, 0.2) is 0 Å². The van der Waals surface area contributed by atoms with Gasteiger partial charge in [0, 0.05) is 31.1 Å². The number of rotatable bonds is 3. The Labute approximate surface area is 165 Å². The summed E-state index contributed by atoms with van der Waals surface area (Å²) in [5, 5.41) is 1.25. The third kappa shape index (κ3) is 3.59. The fourth-order valence-corrected chi connectivity index (χ4v) is 6.54. The van der Waals surface area contributed by atoms with Crippen LogP contribution < -0.4 is 4.90 Å². The number of hydrogen-bond donors (Lipinski definition) is 0. The van der Waals surface area contributed by atoms with Crippen molar-refractivity contribution in [1.82, 2.24) is 14.3 Å². The van der Waals surface area contributed by atoms with Gasteiger partial charge in [-0.15, -0.1) is 11.3 Å². The first kappa shape index (κ1) is 19.1. The van der Waals surface area contributed by atoms with Crippen molar-refractivity contribution < 1.29 is 8.42 Å². The van der Waals surface area contributed by atoms with Crippen LogP contribution in [0.5, 0.6) is 0 Å². The van der Waals surface area contributed by atoms with Crippen LogP contribution in [0.4, 0.5) is 5.82 Å². The second-order valence-corrected chi connectivity index (χ2v) is 11.2. The molecule has 0 amide bonds. The molecule has 27 heavy (non-hydrogen) atoms. The largest absolute Gasteiger partial charge is 0.356 e. The van der Waals surface area contributed by atoms with Gasteiger partial charge in [0.15, 0.2) is 0 Å². The van der Waals surface area contributed by atoms with Gasteiger partial charge < -0.3 is 4.90 Å². The molecule has 0 radical (unpaired) electrons. The van der Waals surface area contributed by atoms with E-state index in [2.05, 4.69) is 11.8 Å². The van der Waals surface area contributed by atoms with Gasteiger partial charge in [0.05, 0.1) is 11.6 Å². The van der Waals surface area contributed by atoms with Crippen molar-refractivity contribution in [3.63, 3.8) is 0 Å².